The fourth-order valence-corrected chi connectivity index (χ4v) is 1.67. The maximum atomic E-state index is 10.7. The Bertz CT molecular complexity index is 596. The van der Waals surface area contributed by atoms with Gasteiger partial charge in [0.2, 0.25) is 0 Å². The van der Waals surface area contributed by atoms with Gasteiger partial charge in [-0.05, 0) is 26.0 Å². The molecule has 0 amide bonds. The second-order valence-electron chi connectivity index (χ2n) is 4.26. The molecule has 0 radical (unpaired) electrons. The van der Waals surface area contributed by atoms with Gasteiger partial charge in [-0.2, -0.15) is 0 Å². The Kier molecular flexibility index (Phi) is 3.70. The van der Waals surface area contributed by atoms with Crippen molar-refractivity contribution >= 4 is 11.4 Å². The number of aryl methyl sites for hydroxylation is 2. The fourth-order valence-electron chi connectivity index (χ4n) is 1.67. The molecule has 1 N–H and O–H groups in total. The zero-order valence-electron chi connectivity index (χ0n) is 10.8. The number of nitro benzene ring substituents is 1. The van der Waals surface area contributed by atoms with Crippen molar-refractivity contribution in [3.05, 3.63) is 57.7 Å². The second kappa shape index (κ2) is 5.43. The average molecular weight is 258 g/mol. The zero-order valence-corrected chi connectivity index (χ0v) is 10.8. The molecule has 0 spiro atoms. The number of nitrogens with one attached hydrogen (secondary N) is 1. The van der Waals surface area contributed by atoms with Gasteiger partial charge in [0.05, 0.1) is 29.1 Å². The summed E-state index contributed by atoms with van der Waals surface area (Å²) in [5, 5.41) is 13.9. The van der Waals surface area contributed by atoms with Crippen LogP contribution in [-0.4, -0.2) is 14.9 Å². The van der Waals surface area contributed by atoms with E-state index in [4.69, 9.17) is 0 Å². The molecule has 19 heavy (non-hydrogen) atoms. The second-order valence-corrected chi connectivity index (χ2v) is 4.26. The predicted octanol–water partition coefficient (Wildman–Crippen LogP) is 2.61. The SMILES string of the molecule is Cc1cnc(CNc2ccc([N+](=O)[O-])c(C)c2)cn1. The third kappa shape index (κ3) is 3.25. The highest BCUT2D eigenvalue weighted by atomic mass is 16.6. The van der Waals surface area contributed by atoms with Gasteiger partial charge in [-0.3, -0.25) is 20.1 Å². The molecule has 1 aromatic carbocycles. The largest absolute Gasteiger partial charge is 0.379 e. The standard InChI is InChI=1S/C13H14N4O2/c1-9-5-11(3-4-13(9)17(18)19)16-8-12-7-14-10(2)6-15-12/h3-7,16H,8H2,1-2H3. The Morgan fingerprint density at radius 2 is 2.05 bits per heavy atom. The van der Waals surface area contributed by atoms with Crippen LogP contribution in [0, 0.1) is 24.0 Å². The first kappa shape index (κ1) is 12.9. The molecule has 0 saturated carbocycles. The third-order valence-corrected chi connectivity index (χ3v) is 2.70. The molecule has 0 saturated heterocycles. The number of hydrogen-bond acceptors (Lipinski definition) is 5. The lowest BCUT2D eigenvalue weighted by atomic mass is 10.2. The molecule has 0 aliphatic heterocycles. The van der Waals surface area contributed by atoms with E-state index in [-0.39, 0.29) is 10.6 Å². The summed E-state index contributed by atoms with van der Waals surface area (Å²) in [4.78, 5) is 18.7. The van der Waals surface area contributed by atoms with Gasteiger partial charge in [-0.1, -0.05) is 0 Å². The first-order valence-corrected chi connectivity index (χ1v) is 5.82. The molecule has 1 heterocycles. The van der Waals surface area contributed by atoms with Gasteiger partial charge in [-0.25, -0.2) is 0 Å². The number of aromatic nitrogens is 2. The minimum absolute atomic E-state index is 0.126. The Labute approximate surface area is 110 Å². The topological polar surface area (TPSA) is 81.0 Å². The van der Waals surface area contributed by atoms with Crippen LogP contribution >= 0.6 is 0 Å². The summed E-state index contributed by atoms with van der Waals surface area (Å²) in [5.74, 6) is 0. The van der Waals surface area contributed by atoms with Crippen molar-refractivity contribution in [3.63, 3.8) is 0 Å². The molecule has 6 heteroatoms. The molecule has 0 fully saturated rings. The van der Waals surface area contributed by atoms with Crippen LogP contribution in [0.3, 0.4) is 0 Å². The van der Waals surface area contributed by atoms with Crippen molar-refractivity contribution in [2.45, 2.75) is 20.4 Å². The van der Waals surface area contributed by atoms with Crippen LogP contribution in [0.5, 0.6) is 0 Å². The Morgan fingerprint density at radius 1 is 1.26 bits per heavy atom. The van der Waals surface area contributed by atoms with Gasteiger partial charge in [0.1, 0.15) is 0 Å². The van der Waals surface area contributed by atoms with Crippen LogP contribution in [0.4, 0.5) is 11.4 Å². The summed E-state index contributed by atoms with van der Waals surface area (Å²) in [7, 11) is 0. The fraction of sp³-hybridized carbons (Fsp3) is 0.231. The highest BCUT2D eigenvalue weighted by Gasteiger charge is 2.09. The first-order chi connectivity index (χ1) is 9.06. The van der Waals surface area contributed by atoms with Crippen LogP contribution in [0.15, 0.2) is 30.6 Å². The monoisotopic (exact) mass is 258 g/mol. The molecule has 2 aromatic rings. The van der Waals surface area contributed by atoms with Crippen LogP contribution in [0.25, 0.3) is 0 Å². The number of hydrogen-bond donors (Lipinski definition) is 1. The van der Waals surface area contributed by atoms with E-state index in [0.29, 0.717) is 12.1 Å². The van der Waals surface area contributed by atoms with E-state index >= 15 is 0 Å². The smallest absolute Gasteiger partial charge is 0.272 e. The van der Waals surface area contributed by atoms with E-state index in [1.165, 1.54) is 6.07 Å². The summed E-state index contributed by atoms with van der Waals surface area (Å²) in [6.07, 6.45) is 3.42. The van der Waals surface area contributed by atoms with Gasteiger partial charge >= 0.3 is 0 Å². The van der Waals surface area contributed by atoms with Crippen molar-refractivity contribution in [2.75, 3.05) is 5.32 Å². The lowest BCUT2D eigenvalue weighted by Crippen LogP contribution is -2.03. The van der Waals surface area contributed by atoms with Crippen LogP contribution in [0.2, 0.25) is 0 Å². The van der Waals surface area contributed by atoms with E-state index in [2.05, 4.69) is 15.3 Å². The normalized spacial score (nSPS) is 10.2. The van der Waals surface area contributed by atoms with Crippen molar-refractivity contribution in [1.29, 1.82) is 0 Å². The van der Waals surface area contributed by atoms with Gasteiger partial charge in [0.25, 0.3) is 5.69 Å². The minimum Gasteiger partial charge on any atom is -0.379 e. The molecule has 0 aliphatic carbocycles. The van der Waals surface area contributed by atoms with Gasteiger partial charge in [-0.15, -0.1) is 0 Å². The minimum atomic E-state index is -0.384. The molecule has 0 unspecified atom stereocenters. The van der Waals surface area contributed by atoms with E-state index in [1.54, 1.807) is 31.5 Å². The van der Waals surface area contributed by atoms with E-state index in [0.717, 1.165) is 17.1 Å². The number of anilines is 1. The number of nitro groups is 1. The van der Waals surface area contributed by atoms with Crippen molar-refractivity contribution < 1.29 is 4.92 Å². The zero-order chi connectivity index (χ0) is 13.8. The molecular weight excluding hydrogens is 244 g/mol. The van der Waals surface area contributed by atoms with Crippen LogP contribution < -0.4 is 5.32 Å². The Morgan fingerprint density at radius 3 is 2.63 bits per heavy atom. The quantitative estimate of drug-likeness (QED) is 0.673. The third-order valence-electron chi connectivity index (χ3n) is 2.70. The molecule has 98 valence electrons. The van der Waals surface area contributed by atoms with Crippen LogP contribution in [0.1, 0.15) is 17.0 Å². The average Bonchev–Trinajstić information content (AvgIpc) is 2.37. The molecular formula is C13H14N4O2. The van der Waals surface area contributed by atoms with Gasteiger partial charge in [0.15, 0.2) is 0 Å². The first-order valence-electron chi connectivity index (χ1n) is 5.82. The molecule has 0 aliphatic rings. The van der Waals surface area contributed by atoms with Crippen molar-refractivity contribution in [3.8, 4) is 0 Å². The van der Waals surface area contributed by atoms with Crippen molar-refractivity contribution in [1.82, 2.24) is 9.97 Å². The predicted molar refractivity (Wildman–Crippen MR) is 71.9 cm³/mol. The molecule has 6 nitrogen and oxygen atoms in total. The highest BCUT2D eigenvalue weighted by Crippen LogP contribution is 2.21. The summed E-state index contributed by atoms with van der Waals surface area (Å²) in [6, 6.07) is 4.94. The van der Waals surface area contributed by atoms with Gasteiger partial charge in [0, 0.05) is 23.5 Å². The summed E-state index contributed by atoms with van der Waals surface area (Å²) < 4.78 is 0. The lowest BCUT2D eigenvalue weighted by molar-refractivity contribution is -0.385. The maximum absolute atomic E-state index is 10.7. The number of rotatable bonds is 4. The molecule has 2 rings (SSSR count). The van der Waals surface area contributed by atoms with Gasteiger partial charge < -0.3 is 5.32 Å². The summed E-state index contributed by atoms with van der Waals surface area (Å²) >= 11 is 0. The summed E-state index contributed by atoms with van der Waals surface area (Å²) in [5.41, 5.74) is 3.27. The molecule has 1 aromatic heterocycles. The number of nitrogens with zero attached hydrogens (tertiary/aromatic N) is 3. The molecule has 0 bridgehead atoms. The van der Waals surface area contributed by atoms with Crippen LogP contribution in [-0.2, 0) is 6.54 Å². The Balaban J connectivity index is 2.06. The van der Waals surface area contributed by atoms with E-state index < -0.39 is 0 Å². The van der Waals surface area contributed by atoms with E-state index in [1.807, 2.05) is 6.92 Å². The van der Waals surface area contributed by atoms with Crippen molar-refractivity contribution in [2.24, 2.45) is 0 Å². The molecule has 0 atom stereocenters. The number of benzene rings is 1. The maximum Gasteiger partial charge on any atom is 0.272 e. The summed E-state index contributed by atoms with van der Waals surface area (Å²) in [6.45, 7) is 4.13. The van der Waals surface area contributed by atoms with E-state index in [9.17, 15) is 10.1 Å². The lowest BCUT2D eigenvalue weighted by Gasteiger charge is -2.07. The Hall–Kier alpha value is -2.50. The highest BCUT2D eigenvalue weighted by molar-refractivity contribution is 5.53.